The molecule has 1 aromatic heterocycles. The van der Waals surface area contributed by atoms with Crippen molar-refractivity contribution in [1.82, 2.24) is 15.0 Å². The van der Waals surface area contributed by atoms with E-state index in [1.165, 1.54) is 0 Å². The molecule has 21 heavy (non-hydrogen) atoms. The Morgan fingerprint density at radius 2 is 2.05 bits per heavy atom. The fourth-order valence-electron chi connectivity index (χ4n) is 2.27. The third-order valence-electron chi connectivity index (χ3n) is 3.44. The number of nitrogens with two attached hydrogens (primary N) is 1. The predicted molar refractivity (Wildman–Crippen MR) is 81.6 cm³/mol. The van der Waals surface area contributed by atoms with E-state index in [2.05, 4.69) is 31.0 Å². The first-order valence-electron chi connectivity index (χ1n) is 6.88. The first-order valence-corrected chi connectivity index (χ1v) is 7.67. The third-order valence-corrected chi connectivity index (χ3v) is 4.13. The van der Waals surface area contributed by atoms with Crippen molar-refractivity contribution in [3.8, 4) is 11.5 Å². The lowest BCUT2D eigenvalue weighted by Crippen LogP contribution is -2.40. The summed E-state index contributed by atoms with van der Waals surface area (Å²) in [5.74, 6) is 1.02. The molecule has 1 fully saturated rings. The molecule has 1 aliphatic rings. The molecule has 1 saturated heterocycles. The molecule has 0 radical (unpaired) electrons. The van der Waals surface area contributed by atoms with Crippen LogP contribution in [0.15, 0.2) is 33.3 Å². The van der Waals surface area contributed by atoms with Crippen molar-refractivity contribution < 1.29 is 9.26 Å². The predicted octanol–water partition coefficient (Wildman–Crippen LogP) is 1.83. The molecule has 1 atom stereocenters. The van der Waals surface area contributed by atoms with Crippen molar-refractivity contribution in [3.63, 3.8) is 0 Å². The van der Waals surface area contributed by atoms with E-state index in [-0.39, 0.29) is 6.04 Å². The van der Waals surface area contributed by atoms with E-state index in [1.807, 2.05) is 24.3 Å². The van der Waals surface area contributed by atoms with Crippen molar-refractivity contribution in [2.45, 2.75) is 6.04 Å². The van der Waals surface area contributed by atoms with E-state index in [0.717, 1.165) is 36.3 Å². The number of nitrogens with zero attached hydrogens (tertiary/aromatic N) is 3. The van der Waals surface area contributed by atoms with Gasteiger partial charge in [-0.1, -0.05) is 17.3 Å². The number of hydrogen-bond donors (Lipinski definition) is 1. The first kappa shape index (κ1) is 14.6. The lowest BCUT2D eigenvalue weighted by Gasteiger charge is -2.27. The van der Waals surface area contributed by atoms with Crippen LogP contribution in [0.3, 0.4) is 0 Å². The first-order chi connectivity index (χ1) is 10.2. The van der Waals surface area contributed by atoms with Crippen molar-refractivity contribution in [2.24, 2.45) is 5.73 Å². The Bertz CT molecular complexity index is 598. The fraction of sp³-hybridized carbons (Fsp3) is 0.429. The number of morpholine rings is 1. The van der Waals surface area contributed by atoms with Gasteiger partial charge < -0.3 is 15.0 Å². The summed E-state index contributed by atoms with van der Waals surface area (Å²) in [6.07, 6.45) is 0. The average Bonchev–Trinajstić information content (AvgIpc) is 2.98. The number of hydrogen-bond acceptors (Lipinski definition) is 6. The van der Waals surface area contributed by atoms with Crippen LogP contribution in [0.2, 0.25) is 0 Å². The summed E-state index contributed by atoms with van der Waals surface area (Å²) in [6, 6.07) is 7.47. The van der Waals surface area contributed by atoms with Crippen molar-refractivity contribution >= 4 is 15.9 Å². The standard InChI is InChI=1S/C14H17BrN4O2/c15-11-4-2-1-3-10(11)14-17-13(18-21-14)12(16)9-19-5-7-20-8-6-19/h1-4,12H,5-9,16H2. The highest BCUT2D eigenvalue weighted by atomic mass is 79.9. The summed E-state index contributed by atoms with van der Waals surface area (Å²) in [5.41, 5.74) is 7.05. The van der Waals surface area contributed by atoms with Crippen molar-refractivity contribution in [2.75, 3.05) is 32.8 Å². The van der Waals surface area contributed by atoms with Gasteiger partial charge in [-0.2, -0.15) is 4.98 Å². The highest BCUT2D eigenvalue weighted by molar-refractivity contribution is 9.10. The lowest BCUT2D eigenvalue weighted by atomic mass is 10.2. The second-order valence-electron chi connectivity index (χ2n) is 4.96. The second kappa shape index (κ2) is 6.65. The van der Waals surface area contributed by atoms with Crippen LogP contribution in [-0.4, -0.2) is 47.9 Å². The van der Waals surface area contributed by atoms with Crippen LogP contribution in [-0.2, 0) is 4.74 Å². The van der Waals surface area contributed by atoms with Gasteiger partial charge in [0.2, 0.25) is 0 Å². The summed E-state index contributed by atoms with van der Waals surface area (Å²) in [5, 5.41) is 4.01. The molecular formula is C14H17BrN4O2. The molecule has 1 unspecified atom stereocenters. The summed E-state index contributed by atoms with van der Waals surface area (Å²) in [7, 11) is 0. The monoisotopic (exact) mass is 352 g/mol. The molecule has 1 aliphatic heterocycles. The lowest BCUT2D eigenvalue weighted by molar-refractivity contribution is 0.0348. The Hall–Kier alpha value is -1.28. The molecule has 2 N–H and O–H groups in total. The van der Waals surface area contributed by atoms with Gasteiger partial charge in [0.05, 0.1) is 24.8 Å². The molecule has 3 rings (SSSR count). The van der Waals surface area contributed by atoms with Crippen LogP contribution in [0.25, 0.3) is 11.5 Å². The Morgan fingerprint density at radius 3 is 2.81 bits per heavy atom. The Morgan fingerprint density at radius 1 is 1.29 bits per heavy atom. The van der Waals surface area contributed by atoms with Crippen LogP contribution in [0.1, 0.15) is 11.9 Å². The number of halogens is 1. The SMILES string of the molecule is NC(CN1CCOCC1)c1noc(-c2ccccc2Br)n1. The molecule has 6 nitrogen and oxygen atoms in total. The van der Waals surface area contributed by atoms with Crippen LogP contribution in [0.5, 0.6) is 0 Å². The molecule has 0 amide bonds. The van der Waals surface area contributed by atoms with E-state index in [0.29, 0.717) is 18.3 Å². The highest BCUT2D eigenvalue weighted by Crippen LogP contribution is 2.27. The minimum atomic E-state index is -0.261. The van der Waals surface area contributed by atoms with E-state index < -0.39 is 0 Å². The van der Waals surface area contributed by atoms with Crippen LogP contribution < -0.4 is 5.73 Å². The minimum absolute atomic E-state index is 0.261. The van der Waals surface area contributed by atoms with E-state index in [1.54, 1.807) is 0 Å². The van der Waals surface area contributed by atoms with Gasteiger partial charge in [-0.3, -0.25) is 4.90 Å². The largest absolute Gasteiger partial charge is 0.379 e. The Labute approximate surface area is 131 Å². The molecule has 2 aromatic rings. The van der Waals surface area contributed by atoms with Crippen molar-refractivity contribution in [3.05, 3.63) is 34.6 Å². The number of aromatic nitrogens is 2. The second-order valence-corrected chi connectivity index (χ2v) is 5.81. The van der Waals surface area contributed by atoms with Gasteiger partial charge >= 0.3 is 0 Å². The highest BCUT2D eigenvalue weighted by Gasteiger charge is 2.20. The van der Waals surface area contributed by atoms with Crippen LogP contribution in [0.4, 0.5) is 0 Å². The zero-order chi connectivity index (χ0) is 14.7. The number of benzene rings is 1. The van der Waals surface area contributed by atoms with Gasteiger partial charge in [0.1, 0.15) is 0 Å². The maximum Gasteiger partial charge on any atom is 0.259 e. The Balaban J connectivity index is 1.71. The molecule has 0 saturated carbocycles. The van der Waals surface area contributed by atoms with Gasteiger partial charge in [0.25, 0.3) is 5.89 Å². The maximum absolute atomic E-state index is 6.18. The molecule has 0 aliphatic carbocycles. The van der Waals surface area contributed by atoms with E-state index in [9.17, 15) is 0 Å². The Kier molecular flexibility index (Phi) is 4.64. The van der Waals surface area contributed by atoms with E-state index >= 15 is 0 Å². The number of ether oxygens (including phenoxy) is 1. The normalized spacial score (nSPS) is 17.8. The summed E-state index contributed by atoms with van der Waals surface area (Å²) < 4.78 is 11.6. The third kappa shape index (κ3) is 3.49. The quantitative estimate of drug-likeness (QED) is 0.904. The van der Waals surface area contributed by atoms with Gasteiger partial charge in [-0.15, -0.1) is 0 Å². The zero-order valence-corrected chi connectivity index (χ0v) is 13.1. The minimum Gasteiger partial charge on any atom is -0.379 e. The topological polar surface area (TPSA) is 77.4 Å². The maximum atomic E-state index is 6.18. The molecular weight excluding hydrogens is 336 g/mol. The van der Waals surface area contributed by atoms with Crippen molar-refractivity contribution in [1.29, 1.82) is 0 Å². The molecule has 2 heterocycles. The zero-order valence-electron chi connectivity index (χ0n) is 11.5. The molecule has 112 valence electrons. The van der Waals surface area contributed by atoms with E-state index in [4.69, 9.17) is 15.0 Å². The van der Waals surface area contributed by atoms with Gasteiger partial charge in [-0.05, 0) is 28.1 Å². The van der Waals surface area contributed by atoms with Gasteiger partial charge in [0.15, 0.2) is 5.82 Å². The summed E-state index contributed by atoms with van der Waals surface area (Å²) in [4.78, 5) is 6.67. The van der Waals surface area contributed by atoms with Crippen LogP contribution >= 0.6 is 15.9 Å². The fourth-order valence-corrected chi connectivity index (χ4v) is 2.73. The van der Waals surface area contributed by atoms with Crippen LogP contribution in [0, 0.1) is 0 Å². The molecule has 0 spiro atoms. The van der Waals surface area contributed by atoms with Gasteiger partial charge in [0, 0.05) is 24.1 Å². The summed E-state index contributed by atoms with van der Waals surface area (Å²) >= 11 is 3.48. The number of rotatable bonds is 4. The average molecular weight is 353 g/mol. The van der Waals surface area contributed by atoms with Gasteiger partial charge in [-0.25, -0.2) is 0 Å². The smallest absolute Gasteiger partial charge is 0.259 e. The summed E-state index contributed by atoms with van der Waals surface area (Å²) in [6.45, 7) is 3.99. The molecule has 0 bridgehead atoms. The molecule has 7 heteroatoms. The molecule has 1 aromatic carbocycles.